The fraction of sp³-hybridized carbons (Fsp3) is 0.500. The van der Waals surface area contributed by atoms with Gasteiger partial charge in [-0.05, 0) is 12.7 Å². The van der Waals surface area contributed by atoms with Crippen LogP contribution in [0.15, 0.2) is 0 Å². The van der Waals surface area contributed by atoms with Gasteiger partial charge in [-0.25, -0.2) is 0 Å². The molecule has 0 aromatic heterocycles. The summed E-state index contributed by atoms with van der Waals surface area (Å²) >= 11 is 0. The van der Waals surface area contributed by atoms with Gasteiger partial charge in [0.1, 0.15) is 0 Å². The molecule has 2 radical (unpaired) electrons. The molecule has 0 bridgehead atoms. The average molecular weight is 294 g/mol. The molecule has 1 atom stereocenters. The fourth-order valence-corrected chi connectivity index (χ4v) is 0. The number of rotatable bonds is 0. The van der Waals surface area contributed by atoms with Crippen molar-refractivity contribution in [2.45, 2.75) is 20.0 Å². The molecule has 56 valence electrons. The third-order valence-electron chi connectivity index (χ3n) is 0. The van der Waals surface area contributed by atoms with E-state index in [1.165, 1.54) is 6.92 Å². The van der Waals surface area contributed by atoms with Crippen LogP contribution in [0.3, 0.4) is 0 Å². The normalized spacial score (nSPS) is 8.80. The number of hydrogen-bond donors (Lipinski definition) is 1. The van der Waals surface area contributed by atoms with E-state index in [9.17, 15) is 4.79 Å². The van der Waals surface area contributed by atoms with Gasteiger partial charge in [-0.3, -0.25) is 0 Å². The summed E-state index contributed by atoms with van der Waals surface area (Å²) in [6.07, 6.45) is -0.417. The van der Waals surface area contributed by atoms with Crippen LogP contribution in [0.2, 0.25) is 0 Å². The maximum Gasteiger partial charge on any atom is 0 e. The van der Waals surface area contributed by atoms with Crippen molar-refractivity contribution in [1.29, 1.82) is 0 Å². The number of carbonyl (C=O) groups is 1. The molecule has 0 aliphatic carbocycles. The second-order valence-corrected chi connectivity index (χ2v) is 1.55. The molecule has 2 nitrogen and oxygen atoms in total. The van der Waals surface area contributed by atoms with Gasteiger partial charge in [-0.1, -0.05) is 13.0 Å². The van der Waals surface area contributed by atoms with Crippen LogP contribution in [0.1, 0.15) is 13.8 Å². The maximum atomic E-state index is 9.33. The van der Waals surface area contributed by atoms with Crippen molar-refractivity contribution in [2.75, 3.05) is 0 Å². The number of Topliss-reactive ketones (excluding diaryl/α,β-unsaturated/α-hetero) is 1. The van der Waals surface area contributed by atoms with E-state index < -0.39 is 6.10 Å². The molecule has 0 aromatic carbocycles. The molecule has 0 fully saturated rings. The molecule has 0 saturated heterocycles. The molecule has 1 N–H and O–H groups in total. The van der Waals surface area contributed by atoms with E-state index in [1.807, 2.05) is 0 Å². The van der Waals surface area contributed by atoms with Crippen molar-refractivity contribution in [3.8, 4) is 0 Å². The minimum atomic E-state index is -0.417. The molecule has 0 rings (SSSR count). The maximum absolute atomic E-state index is 9.33. The van der Waals surface area contributed by atoms with Gasteiger partial charge >= 0.3 is 0 Å². The minimum Gasteiger partial charge on any atom is -0.426 e. The first-order chi connectivity index (χ1) is 3.46. The Hall–Kier alpha value is 1.71. The van der Waals surface area contributed by atoms with E-state index in [0.717, 1.165) is 0 Å². The molecule has 0 aliphatic rings. The Morgan fingerprint density at radius 1 is 1.50 bits per heavy atom. The number of aliphatic hydroxyl groups is 1. The van der Waals surface area contributed by atoms with Gasteiger partial charge < -0.3 is 23.7 Å². The predicted molar refractivity (Wildman–Crippen MR) is 33.1 cm³/mol. The van der Waals surface area contributed by atoms with Crippen LogP contribution in [0.4, 0.5) is 0 Å². The Morgan fingerprint density at radius 3 is 1.50 bits per heavy atom. The number of hydrogen-bond acceptors (Lipinski definition) is 2. The van der Waals surface area contributed by atoms with Gasteiger partial charge in [0.2, 0.25) is 0 Å². The molecule has 0 aromatic rings. The first kappa shape index (κ1) is 22.6. The van der Waals surface area contributed by atoms with E-state index in [-0.39, 0.29) is 71.2 Å². The van der Waals surface area contributed by atoms with Gasteiger partial charge in [0, 0.05) is 65.4 Å². The van der Waals surface area contributed by atoms with E-state index in [2.05, 4.69) is 13.8 Å². The Morgan fingerprint density at radius 2 is 1.50 bits per heavy atom. The summed E-state index contributed by atoms with van der Waals surface area (Å²) in [5.74, 6) is -0.0833. The van der Waals surface area contributed by atoms with E-state index in [4.69, 9.17) is 5.11 Å². The zero-order valence-corrected chi connectivity index (χ0v) is 12.2. The summed E-state index contributed by atoms with van der Waals surface area (Å²) in [5, 5.41) is 7.94. The fourth-order valence-electron chi connectivity index (χ4n) is 0. The van der Waals surface area contributed by atoms with Crippen molar-refractivity contribution in [2.24, 2.45) is 0 Å². The molecular weight excluding hydrogens is 282 g/mol. The molecular formula is C6H12O2Y2-2. The monoisotopic (exact) mass is 294 g/mol. The van der Waals surface area contributed by atoms with Crippen LogP contribution in [0.5, 0.6) is 0 Å². The van der Waals surface area contributed by atoms with Crippen molar-refractivity contribution < 1.29 is 75.3 Å². The summed E-state index contributed by atoms with van der Waals surface area (Å²) in [5.41, 5.74) is 0. The smallest absolute Gasteiger partial charge is 0 e. The van der Waals surface area contributed by atoms with Gasteiger partial charge in [-0.15, -0.1) is 0 Å². The summed E-state index contributed by atoms with van der Waals surface area (Å²) < 4.78 is 0. The SMILES string of the molecule is [CH2-]C(C)=O.[CH2-]C(C)O.[Y].[Y]. The van der Waals surface area contributed by atoms with E-state index in [0.29, 0.717) is 0 Å². The summed E-state index contributed by atoms with van der Waals surface area (Å²) in [7, 11) is 0. The second kappa shape index (κ2) is 17.0. The van der Waals surface area contributed by atoms with Crippen LogP contribution >= 0.6 is 0 Å². The molecule has 10 heavy (non-hydrogen) atoms. The van der Waals surface area contributed by atoms with Crippen LogP contribution in [-0.2, 0) is 70.2 Å². The molecule has 0 aliphatic heterocycles. The molecule has 0 spiro atoms. The third-order valence-corrected chi connectivity index (χ3v) is 0. The first-order valence-corrected chi connectivity index (χ1v) is 2.30. The van der Waals surface area contributed by atoms with Crippen molar-refractivity contribution >= 4 is 5.78 Å². The minimum absolute atomic E-state index is 0. The van der Waals surface area contributed by atoms with Crippen LogP contribution in [-0.4, -0.2) is 17.0 Å². The van der Waals surface area contributed by atoms with E-state index >= 15 is 0 Å². The molecule has 4 heteroatoms. The summed E-state index contributed by atoms with van der Waals surface area (Å²) in [4.78, 5) is 9.33. The Balaban J connectivity index is -0.0000000300. The predicted octanol–water partition coefficient (Wildman–Crippen LogP) is 0.606. The van der Waals surface area contributed by atoms with Crippen molar-refractivity contribution in [3.05, 3.63) is 13.8 Å². The quantitative estimate of drug-likeness (QED) is 0.665. The zero-order valence-electron chi connectivity index (χ0n) is 6.50. The first-order valence-electron chi connectivity index (χ1n) is 2.30. The standard InChI is InChI=1S/C3H7O.C3H5O.2Y/c2*1-3(2)4;;/h3-4H,1H2,2H3;1H2,2H3;;/q2*-1;;. The number of aliphatic hydroxyl groups excluding tert-OH is 1. The van der Waals surface area contributed by atoms with Gasteiger partial charge in [0.05, 0.1) is 0 Å². The molecule has 0 heterocycles. The van der Waals surface area contributed by atoms with Gasteiger partial charge in [-0.2, -0.15) is 0 Å². The number of carbonyl (C=O) groups excluding carboxylic acids is 1. The van der Waals surface area contributed by atoms with Gasteiger partial charge in [0.25, 0.3) is 0 Å². The van der Waals surface area contributed by atoms with Crippen molar-refractivity contribution in [3.63, 3.8) is 0 Å². The third kappa shape index (κ3) is 252. The Kier molecular flexibility index (Phi) is 38.4. The van der Waals surface area contributed by atoms with Crippen molar-refractivity contribution in [1.82, 2.24) is 0 Å². The molecule has 1 unspecified atom stereocenters. The molecule has 0 amide bonds. The second-order valence-electron chi connectivity index (χ2n) is 1.55. The number of ketones is 1. The topological polar surface area (TPSA) is 37.3 Å². The van der Waals surface area contributed by atoms with Crippen LogP contribution < -0.4 is 0 Å². The largest absolute Gasteiger partial charge is 0.426 e. The Bertz CT molecular complexity index is 58.0. The average Bonchev–Trinajstić information content (AvgIpc) is 1.25. The Labute approximate surface area is 113 Å². The van der Waals surface area contributed by atoms with Crippen LogP contribution in [0, 0.1) is 13.8 Å². The van der Waals surface area contributed by atoms with Gasteiger partial charge in [0.15, 0.2) is 0 Å². The zero-order chi connectivity index (χ0) is 7.15. The van der Waals surface area contributed by atoms with Crippen LogP contribution in [0.25, 0.3) is 0 Å². The molecule has 0 saturated carbocycles. The summed E-state index contributed by atoms with van der Waals surface area (Å²) in [6.45, 7) is 9.22. The van der Waals surface area contributed by atoms with E-state index in [1.54, 1.807) is 6.92 Å². The summed E-state index contributed by atoms with van der Waals surface area (Å²) in [6, 6.07) is 0.